The van der Waals surface area contributed by atoms with Crippen molar-refractivity contribution in [1.29, 1.82) is 0 Å². The topological polar surface area (TPSA) is 85.7 Å². The van der Waals surface area contributed by atoms with Gasteiger partial charge in [0.05, 0.1) is 0 Å². The molecule has 2 aromatic heterocycles. The molecular formula is C13H12N4O2. The molecule has 0 aliphatic rings. The first-order valence-corrected chi connectivity index (χ1v) is 5.73. The Morgan fingerprint density at radius 1 is 1.26 bits per heavy atom. The monoisotopic (exact) mass is 256 g/mol. The van der Waals surface area contributed by atoms with Crippen LogP contribution in [0.4, 0.5) is 5.69 Å². The van der Waals surface area contributed by atoms with Crippen LogP contribution in [0.5, 0.6) is 11.5 Å². The number of nitrogens with zero attached hydrogens (tertiary/aromatic N) is 3. The molecule has 6 nitrogen and oxygen atoms in total. The third-order valence-corrected chi connectivity index (χ3v) is 2.59. The van der Waals surface area contributed by atoms with Crippen molar-refractivity contribution in [1.82, 2.24) is 14.6 Å². The Bertz CT molecular complexity index is 723. The van der Waals surface area contributed by atoms with E-state index in [2.05, 4.69) is 10.1 Å². The number of aromatic hydroxyl groups is 1. The van der Waals surface area contributed by atoms with E-state index in [1.165, 1.54) is 6.07 Å². The van der Waals surface area contributed by atoms with Crippen LogP contribution in [0.2, 0.25) is 0 Å². The molecule has 2 heterocycles. The van der Waals surface area contributed by atoms with Crippen LogP contribution in [0.1, 0.15) is 5.82 Å². The average molecular weight is 256 g/mol. The number of nitrogen functional groups attached to an aromatic ring is 1. The maximum atomic E-state index is 9.33. The molecule has 96 valence electrons. The zero-order chi connectivity index (χ0) is 13.2. The highest BCUT2D eigenvalue weighted by atomic mass is 16.5. The van der Waals surface area contributed by atoms with Gasteiger partial charge < -0.3 is 15.6 Å². The largest absolute Gasteiger partial charge is 0.508 e. The summed E-state index contributed by atoms with van der Waals surface area (Å²) in [6.07, 6.45) is 1.75. The van der Waals surface area contributed by atoms with Gasteiger partial charge in [-0.15, -0.1) is 5.10 Å². The molecule has 1 aromatic carbocycles. The fraction of sp³-hybridized carbons (Fsp3) is 0.0769. The predicted octanol–water partition coefficient (Wildman–Crippen LogP) is 1.60. The van der Waals surface area contributed by atoms with Crippen LogP contribution in [0, 0.1) is 0 Å². The molecule has 0 atom stereocenters. The van der Waals surface area contributed by atoms with Crippen LogP contribution in [0.25, 0.3) is 5.65 Å². The first kappa shape index (κ1) is 11.3. The molecule has 19 heavy (non-hydrogen) atoms. The van der Waals surface area contributed by atoms with Crippen molar-refractivity contribution in [3.8, 4) is 11.5 Å². The van der Waals surface area contributed by atoms with Crippen LogP contribution >= 0.6 is 0 Å². The maximum absolute atomic E-state index is 9.33. The Labute approximate surface area is 109 Å². The van der Waals surface area contributed by atoms with E-state index in [-0.39, 0.29) is 12.4 Å². The lowest BCUT2D eigenvalue weighted by molar-refractivity contribution is 0.294. The van der Waals surface area contributed by atoms with Gasteiger partial charge in [0.15, 0.2) is 11.5 Å². The molecule has 3 rings (SSSR count). The lowest BCUT2D eigenvalue weighted by Crippen LogP contribution is -1.98. The molecule has 3 aromatic rings. The summed E-state index contributed by atoms with van der Waals surface area (Å²) < 4.78 is 7.14. The lowest BCUT2D eigenvalue weighted by Gasteiger charge is -2.02. The van der Waals surface area contributed by atoms with E-state index in [0.717, 1.165) is 0 Å². The summed E-state index contributed by atoms with van der Waals surface area (Å²) in [5.41, 5.74) is 6.99. The summed E-state index contributed by atoms with van der Waals surface area (Å²) in [5, 5.41) is 13.6. The van der Waals surface area contributed by atoms with Gasteiger partial charge in [-0.25, -0.2) is 9.50 Å². The molecule has 0 aliphatic heterocycles. The number of pyridine rings is 1. The average Bonchev–Trinajstić information content (AvgIpc) is 2.78. The number of hydrogen-bond donors (Lipinski definition) is 2. The summed E-state index contributed by atoms with van der Waals surface area (Å²) in [5.74, 6) is 1.28. The molecule has 0 unspecified atom stereocenters. The number of benzene rings is 1. The van der Waals surface area contributed by atoms with Crippen LogP contribution in [-0.4, -0.2) is 19.7 Å². The summed E-state index contributed by atoms with van der Waals surface area (Å²) in [6, 6.07) is 10.1. The van der Waals surface area contributed by atoms with Crippen molar-refractivity contribution in [3.63, 3.8) is 0 Å². The second-order valence-corrected chi connectivity index (χ2v) is 4.08. The lowest BCUT2D eigenvalue weighted by atomic mass is 10.3. The van der Waals surface area contributed by atoms with Crippen LogP contribution in [-0.2, 0) is 6.61 Å². The minimum Gasteiger partial charge on any atom is -0.508 e. The minimum absolute atomic E-state index is 0.160. The molecule has 6 heteroatoms. The molecule has 0 bridgehead atoms. The van der Waals surface area contributed by atoms with Crippen molar-refractivity contribution in [2.75, 3.05) is 5.73 Å². The van der Waals surface area contributed by atoms with Crippen molar-refractivity contribution < 1.29 is 9.84 Å². The van der Waals surface area contributed by atoms with Gasteiger partial charge in [0.25, 0.3) is 0 Å². The van der Waals surface area contributed by atoms with Crippen molar-refractivity contribution >= 4 is 11.3 Å². The first-order valence-electron chi connectivity index (χ1n) is 5.73. The number of hydrogen-bond acceptors (Lipinski definition) is 5. The summed E-state index contributed by atoms with van der Waals surface area (Å²) in [4.78, 5) is 4.30. The van der Waals surface area contributed by atoms with Crippen molar-refractivity contribution in [2.24, 2.45) is 0 Å². The molecule has 0 radical (unpaired) electrons. The third kappa shape index (κ3) is 2.42. The van der Waals surface area contributed by atoms with Gasteiger partial charge in [-0.2, -0.15) is 0 Å². The number of phenolic OH excluding ortho intramolecular Hbond substituents is 1. The summed E-state index contributed by atoms with van der Waals surface area (Å²) >= 11 is 0. The number of nitrogens with two attached hydrogens (primary N) is 1. The van der Waals surface area contributed by atoms with Crippen LogP contribution < -0.4 is 10.5 Å². The second kappa shape index (κ2) is 4.49. The summed E-state index contributed by atoms with van der Waals surface area (Å²) in [6.45, 7) is 0.227. The van der Waals surface area contributed by atoms with Gasteiger partial charge in [-0.1, -0.05) is 6.07 Å². The number of anilines is 1. The molecule has 0 fully saturated rings. The smallest absolute Gasteiger partial charge is 0.189 e. The summed E-state index contributed by atoms with van der Waals surface area (Å²) in [7, 11) is 0. The Morgan fingerprint density at radius 3 is 3.00 bits per heavy atom. The van der Waals surface area contributed by atoms with Gasteiger partial charge in [0.1, 0.15) is 18.1 Å². The Balaban J connectivity index is 1.78. The fourth-order valence-corrected chi connectivity index (χ4v) is 1.73. The number of fused-ring (bicyclic) bond motifs is 1. The zero-order valence-corrected chi connectivity index (χ0v) is 10.0. The molecule has 0 saturated carbocycles. The normalized spacial score (nSPS) is 10.7. The number of rotatable bonds is 3. The minimum atomic E-state index is 0.160. The second-order valence-electron chi connectivity index (χ2n) is 4.08. The molecule has 0 aliphatic carbocycles. The molecule has 0 saturated heterocycles. The Kier molecular flexibility index (Phi) is 2.68. The van der Waals surface area contributed by atoms with Crippen LogP contribution in [0.15, 0.2) is 42.6 Å². The number of aromatic nitrogens is 3. The highest BCUT2D eigenvalue weighted by molar-refractivity contribution is 5.50. The van der Waals surface area contributed by atoms with E-state index in [1.54, 1.807) is 41.0 Å². The molecule has 0 spiro atoms. The van der Waals surface area contributed by atoms with Gasteiger partial charge >= 0.3 is 0 Å². The van der Waals surface area contributed by atoms with Gasteiger partial charge in [-0.3, -0.25) is 0 Å². The Hall–Kier alpha value is -2.76. The predicted molar refractivity (Wildman–Crippen MR) is 69.8 cm³/mol. The highest BCUT2D eigenvalue weighted by Gasteiger charge is 2.05. The van der Waals surface area contributed by atoms with Gasteiger partial charge in [0, 0.05) is 24.0 Å². The highest BCUT2D eigenvalue weighted by Crippen LogP contribution is 2.18. The Morgan fingerprint density at radius 2 is 2.16 bits per heavy atom. The van der Waals surface area contributed by atoms with E-state index in [4.69, 9.17) is 10.5 Å². The standard InChI is InChI=1S/C13H12N4O2/c14-9-4-5-17-13(6-9)15-12(16-17)8-19-11-3-1-2-10(18)7-11/h1-7,18H,8,14H2. The molecule has 0 amide bonds. The SMILES string of the molecule is Nc1ccn2nc(COc3cccc(O)c3)nc2c1. The first-order chi connectivity index (χ1) is 9.20. The fourth-order valence-electron chi connectivity index (χ4n) is 1.73. The zero-order valence-electron chi connectivity index (χ0n) is 10.0. The van der Waals surface area contributed by atoms with E-state index >= 15 is 0 Å². The van der Waals surface area contributed by atoms with Crippen LogP contribution in [0.3, 0.4) is 0 Å². The van der Waals surface area contributed by atoms with E-state index in [1.807, 2.05) is 0 Å². The van der Waals surface area contributed by atoms with Crippen molar-refractivity contribution in [2.45, 2.75) is 6.61 Å². The number of phenols is 1. The van der Waals surface area contributed by atoms with Crippen molar-refractivity contribution in [3.05, 3.63) is 48.4 Å². The van der Waals surface area contributed by atoms with Gasteiger partial charge in [-0.05, 0) is 18.2 Å². The van der Waals surface area contributed by atoms with E-state index in [9.17, 15) is 5.11 Å². The van der Waals surface area contributed by atoms with E-state index < -0.39 is 0 Å². The molecule has 3 N–H and O–H groups in total. The van der Waals surface area contributed by atoms with Gasteiger partial charge in [0.2, 0.25) is 0 Å². The third-order valence-electron chi connectivity index (χ3n) is 2.59. The quantitative estimate of drug-likeness (QED) is 0.743. The van der Waals surface area contributed by atoms with E-state index in [0.29, 0.717) is 22.9 Å². The number of ether oxygens (including phenoxy) is 1. The maximum Gasteiger partial charge on any atom is 0.189 e. The molecular weight excluding hydrogens is 244 g/mol.